The summed E-state index contributed by atoms with van der Waals surface area (Å²) in [6, 6.07) is 12.6. The zero-order valence-electron chi connectivity index (χ0n) is 15.2. The molecule has 0 bridgehead atoms. The largest absolute Gasteiger partial charge is 0.506 e. The van der Waals surface area contributed by atoms with E-state index in [1.54, 1.807) is 6.21 Å². The van der Waals surface area contributed by atoms with Gasteiger partial charge in [-0.2, -0.15) is 0 Å². The Morgan fingerprint density at radius 2 is 1.89 bits per heavy atom. The lowest BCUT2D eigenvalue weighted by Gasteiger charge is -2.22. The van der Waals surface area contributed by atoms with Crippen molar-refractivity contribution in [3.05, 3.63) is 60.9 Å². The average Bonchev–Trinajstić information content (AvgIpc) is 3.19. The van der Waals surface area contributed by atoms with Crippen LogP contribution in [0.5, 0.6) is 5.75 Å². The normalized spacial score (nSPS) is 15.4. The van der Waals surface area contributed by atoms with Gasteiger partial charge in [-0.3, -0.25) is 0 Å². The maximum absolute atomic E-state index is 10.2. The number of benzene rings is 2. The van der Waals surface area contributed by atoms with E-state index >= 15 is 0 Å². The zero-order valence-corrected chi connectivity index (χ0v) is 19.8. The minimum absolute atomic E-state index is 0.239. The number of phenols is 1. The van der Waals surface area contributed by atoms with Crippen molar-refractivity contribution in [2.45, 2.75) is 38.0 Å². The fourth-order valence-corrected chi connectivity index (χ4v) is 5.85. The van der Waals surface area contributed by atoms with Crippen molar-refractivity contribution in [2.24, 2.45) is 4.99 Å². The summed E-state index contributed by atoms with van der Waals surface area (Å²) in [4.78, 5) is 9.09. The minimum atomic E-state index is 0.239. The Kier molecular flexibility index (Phi) is 6.48. The third-order valence-electron chi connectivity index (χ3n) is 5.15. The standard InChI is InChI=1S/C22H20BrIN2OS/c23-18-10-17(21(27)19(24)11-18)12-25-22-26-20(13-28-22)16-8-6-15(7-9-16)14-4-2-1-3-5-14/h6-14,27H,1-5H2. The van der Waals surface area contributed by atoms with Crippen LogP contribution in [0.3, 0.4) is 0 Å². The molecule has 0 spiro atoms. The minimum Gasteiger partial charge on any atom is -0.506 e. The molecule has 28 heavy (non-hydrogen) atoms. The Morgan fingerprint density at radius 3 is 2.64 bits per heavy atom. The lowest BCUT2D eigenvalue weighted by atomic mass is 9.84. The Hall–Kier alpha value is -1.25. The highest BCUT2D eigenvalue weighted by atomic mass is 127. The number of thiazole rings is 1. The van der Waals surface area contributed by atoms with Gasteiger partial charge in [0.2, 0.25) is 5.13 Å². The summed E-state index contributed by atoms with van der Waals surface area (Å²) in [7, 11) is 0. The molecule has 144 valence electrons. The number of aromatic hydroxyl groups is 1. The van der Waals surface area contributed by atoms with Crippen LogP contribution < -0.4 is 0 Å². The monoisotopic (exact) mass is 566 g/mol. The molecule has 0 radical (unpaired) electrons. The summed E-state index contributed by atoms with van der Waals surface area (Å²) < 4.78 is 1.69. The van der Waals surface area contributed by atoms with Crippen LogP contribution in [0.1, 0.15) is 49.1 Å². The van der Waals surface area contributed by atoms with E-state index in [1.165, 1.54) is 49.0 Å². The van der Waals surface area contributed by atoms with Crippen LogP contribution >= 0.6 is 49.9 Å². The molecule has 1 aromatic heterocycles. The predicted octanol–water partition coefficient (Wildman–Crippen LogP) is 7.68. The van der Waals surface area contributed by atoms with E-state index in [0.717, 1.165) is 25.2 Å². The van der Waals surface area contributed by atoms with Crippen molar-refractivity contribution in [3.63, 3.8) is 0 Å². The van der Waals surface area contributed by atoms with Crippen molar-refractivity contribution in [2.75, 3.05) is 0 Å². The molecule has 0 unspecified atom stereocenters. The molecule has 1 aliphatic carbocycles. The Bertz CT molecular complexity index is 994. The third-order valence-corrected chi connectivity index (χ3v) is 7.18. The Labute approximate surface area is 191 Å². The molecular formula is C22H20BrIN2OS. The van der Waals surface area contributed by atoms with Gasteiger partial charge in [-0.1, -0.05) is 59.5 Å². The second kappa shape index (κ2) is 9.05. The Morgan fingerprint density at radius 1 is 1.14 bits per heavy atom. The van der Waals surface area contributed by atoms with Gasteiger partial charge in [-0.05, 0) is 59.0 Å². The van der Waals surface area contributed by atoms with Crippen molar-refractivity contribution >= 4 is 61.2 Å². The maximum atomic E-state index is 10.2. The summed E-state index contributed by atoms with van der Waals surface area (Å²) in [5.41, 5.74) is 4.20. The van der Waals surface area contributed by atoms with Gasteiger partial charge in [-0.15, -0.1) is 11.3 Å². The van der Waals surface area contributed by atoms with Gasteiger partial charge < -0.3 is 5.11 Å². The SMILES string of the molecule is Oc1c(I)cc(Br)cc1C=Nc1nc(-c2ccc(C3CCCCC3)cc2)cs1. The van der Waals surface area contributed by atoms with E-state index in [2.05, 4.69) is 72.8 Å². The number of phenolic OH excluding ortho intramolecular Hbond substituents is 1. The Balaban J connectivity index is 1.50. The molecule has 0 amide bonds. The van der Waals surface area contributed by atoms with Crippen molar-refractivity contribution in [3.8, 4) is 17.0 Å². The van der Waals surface area contributed by atoms with Gasteiger partial charge in [0.25, 0.3) is 0 Å². The first-order valence-electron chi connectivity index (χ1n) is 9.38. The molecule has 0 atom stereocenters. The molecule has 1 heterocycles. The molecule has 1 fully saturated rings. The van der Waals surface area contributed by atoms with Gasteiger partial charge in [0.05, 0.1) is 9.26 Å². The van der Waals surface area contributed by atoms with Crippen LogP contribution in [-0.4, -0.2) is 16.3 Å². The fourth-order valence-electron chi connectivity index (χ4n) is 3.63. The molecule has 3 nitrogen and oxygen atoms in total. The van der Waals surface area contributed by atoms with Gasteiger partial charge in [0, 0.05) is 27.2 Å². The quantitative estimate of drug-likeness (QED) is 0.260. The van der Waals surface area contributed by atoms with Gasteiger partial charge in [0.1, 0.15) is 5.75 Å². The lowest BCUT2D eigenvalue weighted by molar-refractivity contribution is 0.443. The lowest BCUT2D eigenvalue weighted by Crippen LogP contribution is -2.04. The highest BCUT2D eigenvalue weighted by molar-refractivity contribution is 14.1. The summed E-state index contributed by atoms with van der Waals surface area (Å²) >= 11 is 7.06. The number of aromatic nitrogens is 1. The highest BCUT2D eigenvalue weighted by Crippen LogP contribution is 2.34. The molecule has 0 saturated heterocycles. The van der Waals surface area contributed by atoms with E-state index in [0.29, 0.717) is 10.7 Å². The molecular weight excluding hydrogens is 547 g/mol. The smallest absolute Gasteiger partial charge is 0.209 e. The number of aliphatic imine (C=N–C) groups is 1. The molecule has 1 aliphatic rings. The molecule has 1 saturated carbocycles. The molecule has 4 rings (SSSR count). The van der Waals surface area contributed by atoms with Gasteiger partial charge >= 0.3 is 0 Å². The third kappa shape index (κ3) is 4.66. The number of rotatable bonds is 4. The zero-order chi connectivity index (χ0) is 19.5. The van der Waals surface area contributed by atoms with E-state index < -0.39 is 0 Å². The second-order valence-corrected chi connectivity index (χ2v) is 9.97. The molecule has 0 aliphatic heterocycles. The van der Waals surface area contributed by atoms with E-state index in [1.807, 2.05) is 17.5 Å². The number of nitrogens with zero attached hydrogens (tertiary/aromatic N) is 2. The van der Waals surface area contributed by atoms with E-state index in [-0.39, 0.29) is 5.75 Å². The first-order chi connectivity index (χ1) is 13.6. The van der Waals surface area contributed by atoms with Crippen molar-refractivity contribution in [1.82, 2.24) is 4.98 Å². The van der Waals surface area contributed by atoms with Crippen LogP contribution in [0.2, 0.25) is 0 Å². The fraction of sp³-hybridized carbons (Fsp3) is 0.273. The number of hydrogen-bond donors (Lipinski definition) is 1. The summed E-state index contributed by atoms with van der Waals surface area (Å²) in [5, 5.41) is 12.9. The number of halogens is 2. The molecule has 1 N–H and O–H groups in total. The molecule has 2 aromatic carbocycles. The molecule has 3 aromatic rings. The highest BCUT2D eigenvalue weighted by Gasteiger charge is 2.15. The molecule has 6 heteroatoms. The predicted molar refractivity (Wildman–Crippen MR) is 129 cm³/mol. The van der Waals surface area contributed by atoms with Crippen LogP contribution in [0.25, 0.3) is 11.3 Å². The van der Waals surface area contributed by atoms with Crippen LogP contribution in [-0.2, 0) is 0 Å². The van der Waals surface area contributed by atoms with E-state index in [4.69, 9.17) is 0 Å². The van der Waals surface area contributed by atoms with Crippen LogP contribution in [0.4, 0.5) is 5.13 Å². The first-order valence-corrected chi connectivity index (χ1v) is 12.1. The maximum Gasteiger partial charge on any atom is 0.209 e. The van der Waals surface area contributed by atoms with Gasteiger partial charge in [0.15, 0.2) is 0 Å². The van der Waals surface area contributed by atoms with E-state index in [9.17, 15) is 5.11 Å². The summed E-state index contributed by atoms with van der Waals surface area (Å²) in [6.07, 6.45) is 8.39. The van der Waals surface area contributed by atoms with Crippen LogP contribution in [0.15, 0.2) is 51.2 Å². The second-order valence-electron chi connectivity index (χ2n) is 7.06. The number of hydrogen-bond acceptors (Lipinski definition) is 4. The first kappa shape index (κ1) is 20.0. The summed E-state index contributed by atoms with van der Waals surface area (Å²) in [6.45, 7) is 0. The van der Waals surface area contributed by atoms with Gasteiger partial charge in [-0.25, -0.2) is 9.98 Å². The van der Waals surface area contributed by atoms with Crippen molar-refractivity contribution < 1.29 is 5.11 Å². The topological polar surface area (TPSA) is 45.5 Å². The van der Waals surface area contributed by atoms with Crippen LogP contribution in [0, 0.1) is 3.57 Å². The summed E-state index contributed by atoms with van der Waals surface area (Å²) in [5.74, 6) is 0.960. The van der Waals surface area contributed by atoms with Crippen molar-refractivity contribution in [1.29, 1.82) is 0 Å². The average molecular weight is 567 g/mol.